The number of hydrogen-bond acceptors (Lipinski definition) is 3. The average Bonchev–Trinajstić information content (AvgIpc) is 0.910. The number of anilines is 2. The van der Waals surface area contributed by atoms with Crippen LogP contribution in [0.5, 0.6) is 11.5 Å². The van der Waals surface area contributed by atoms with Gasteiger partial charge in [-0.1, -0.05) is 208 Å². The topological polar surface area (TPSA) is 35.2 Å². The summed E-state index contributed by atoms with van der Waals surface area (Å²) in [5.41, 5.74) is 3.47. The van der Waals surface area contributed by atoms with E-state index in [1.165, 1.54) is 12.1 Å². The Balaban J connectivity index is 0.00000752. The molecule has 0 fully saturated rings. The summed E-state index contributed by atoms with van der Waals surface area (Å²) in [6, 6.07) is 62.1. The number of aromatic nitrogens is 3. The van der Waals surface area contributed by atoms with Crippen LogP contribution in [-0.4, -0.2) is 22.2 Å². The van der Waals surface area contributed by atoms with Gasteiger partial charge in [-0.25, -0.2) is 4.98 Å². The Labute approximate surface area is 476 Å². The van der Waals surface area contributed by atoms with Gasteiger partial charge in [-0.15, -0.1) is 35.7 Å². The SMILES string of the molecule is [2H]C([2H])([2H])C(c1cc(-c2cccc3c4ccccc4c4ccccc4c4cccc5c4n(c23)[CH-]N5c2[c-]c(Oc3[c-]c4c(cc3)c3ccccc3n4-c3cc(C(C)(C)C)ccn3)cc([Si](C)(C)C)c2)cc(C(C)(C)C)c1)(C([2H])([2H])[2H])C([2H])([2H])[2H].[Pt]. The van der Waals surface area contributed by atoms with Crippen LogP contribution in [0.15, 0.2) is 170 Å². The number of benzene rings is 8. The van der Waals surface area contributed by atoms with Crippen LogP contribution in [0.2, 0.25) is 19.6 Å². The summed E-state index contributed by atoms with van der Waals surface area (Å²) in [7, 11) is -2.12. The molecule has 0 atom stereocenters. The van der Waals surface area contributed by atoms with Crippen molar-refractivity contribution >= 4 is 89.8 Å². The van der Waals surface area contributed by atoms with E-state index < -0.39 is 39.5 Å². The van der Waals surface area contributed by atoms with E-state index in [-0.39, 0.29) is 32.0 Å². The van der Waals surface area contributed by atoms with Crippen molar-refractivity contribution in [3.8, 4) is 28.4 Å². The van der Waals surface area contributed by atoms with Crippen LogP contribution in [0.25, 0.3) is 82.1 Å². The van der Waals surface area contributed by atoms with Crippen molar-refractivity contribution in [2.45, 2.75) is 98.0 Å². The summed E-state index contributed by atoms with van der Waals surface area (Å²) in [6.45, 7) is 11.0. The second-order valence-electron chi connectivity index (χ2n) is 23.2. The van der Waals surface area contributed by atoms with Gasteiger partial charge < -0.3 is 18.8 Å². The van der Waals surface area contributed by atoms with Crippen molar-refractivity contribution in [1.29, 1.82) is 0 Å². The van der Waals surface area contributed by atoms with E-state index in [0.717, 1.165) is 87.6 Å². The van der Waals surface area contributed by atoms with Crippen LogP contribution < -0.4 is 14.8 Å². The van der Waals surface area contributed by atoms with E-state index in [1.807, 2.05) is 87.6 Å². The number of para-hydroxylation sites is 3. The standard InChI is InChI=1S/C69H65N4OSi.Pt/c1-67(2,3)45-33-34-70-64(38-45)73-61-29-18-17-25-57(61)58-32-31-49(42-63(58)73)74-50-39-48(40-51(41-50)75(10,11)12)71-43-72-65-52(44-35-46(68(4,5)6)37-47(36-44)69(7,8)9)26-19-27-59(65)55-23-15-13-21-53(55)54-22-14-16-24-56(54)60-28-20-30-62(71)66(60)72;/h13-38,40-41,43H,1-12H3;/q-3;/i4D3,5D3,6D3;. The number of ether oxygens (including phenoxy) is 1. The van der Waals surface area contributed by atoms with Gasteiger partial charge >= 0.3 is 0 Å². The minimum absolute atomic E-state index is 0. The van der Waals surface area contributed by atoms with Gasteiger partial charge in [-0.05, 0) is 124 Å². The fourth-order valence-electron chi connectivity index (χ4n) is 10.8. The molecule has 3 aromatic heterocycles. The van der Waals surface area contributed by atoms with Gasteiger partial charge in [0.2, 0.25) is 0 Å². The Kier molecular flexibility index (Phi) is 10.0. The van der Waals surface area contributed by atoms with Crippen LogP contribution >= 0.6 is 0 Å². The molecule has 0 saturated heterocycles. The smallest absolute Gasteiger partial charge is 0.135 e. The fourth-order valence-corrected chi connectivity index (χ4v) is 12.0. The predicted octanol–water partition coefficient (Wildman–Crippen LogP) is 18.3. The minimum atomic E-state index is -3.48. The van der Waals surface area contributed by atoms with Gasteiger partial charge in [-0.2, -0.15) is 11.3 Å². The van der Waals surface area contributed by atoms with Crippen LogP contribution in [0.4, 0.5) is 11.4 Å². The molecule has 0 saturated carbocycles. The Morgan fingerprint density at radius 3 is 1.78 bits per heavy atom. The summed E-state index contributed by atoms with van der Waals surface area (Å²) in [5, 5.41) is 8.92. The van der Waals surface area contributed by atoms with Crippen LogP contribution in [0.3, 0.4) is 0 Å². The van der Waals surface area contributed by atoms with Gasteiger partial charge in [0.15, 0.2) is 0 Å². The van der Waals surface area contributed by atoms with Crippen LogP contribution in [-0.2, 0) is 37.3 Å². The second-order valence-corrected chi connectivity index (χ2v) is 28.3. The summed E-state index contributed by atoms with van der Waals surface area (Å²) in [6.07, 6.45) is 1.87. The Morgan fingerprint density at radius 2 is 1.13 bits per heavy atom. The largest absolute Gasteiger partial charge is 0.509 e. The number of fused-ring (bicyclic) bond motifs is 10. The molecule has 76 heavy (non-hydrogen) atoms. The van der Waals surface area contributed by atoms with Crippen LogP contribution in [0.1, 0.15) is 91.1 Å². The van der Waals surface area contributed by atoms with Gasteiger partial charge in [0.25, 0.3) is 0 Å². The first kappa shape index (κ1) is 41.1. The Hall–Kier alpha value is -7.11. The molecule has 384 valence electrons. The molecule has 0 N–H and O–H groups in total. The number of pyridine rings is 1. The summed E-state index contributed by atoms with van der Waals surface area (Å²) >= 11 is 0. The molecule has 12 rings (SSSR count). The molecule has 8 aromatic carbocycles. The average molecular weight is 1200 g/mol. The first-order valence-electron chi connectivity index (χ1n) is 30.2. The van der Waals surface area contributed by atoms with Gasteiger partial charge in [0.1, 0.15) is 5.82 Å². The maximum Gasteiger partial charge on any atom is 0.135 e. The third kappa shape index (κ3) is 8.87. The van der Waals surface area contributed by atoms with Crippen molar-refractivity contribution in [3.05, 3.63) is 205 Å². The van der Waals surface area contributed by atoms with Crippen molar-refractivity contribution in [3.63, 3.8) is 0 Å². The maximum atomic E-state index is 8.84. The molecule has 0 amide bonds. The third-order valence-electron chi connectivity index (χ3n) is 14.9. The molecule has 0 unspecified atom stereocenters. The molecule has 1 aliphatic rings. The van der Waals surface area contributed by atoms with E-state index in [2.05, 4.69) is 164 Å². The van der Waals surface area contributed by atoms with Crippen molar-refractivity contribution < 1.29 is 38.1 Å². The second kappa shape index (κ2) is 18.6. The predicted molar refractivity (Wildman–Crippen MR) is 321 cm³/mol. The van der Waals surface area contributed by atoms with Gasteiger partial charge in [0.05, 0.1) is 8.07 Å². The zero-order chi connectivity index (χ0) is 59.8. The Morgan fingerprint density at radius 1 is 0.539 bits per heavy atom. The molecule has 0 bridgehead atoms. The number of nitrogens with zero attached hydrogens (tertiary/aromatic N) is 4. The first-order chi connectivity index (χ1) is 39.5. The van der Waals surface area contributed by atoms with E-state index in [9.17, 15) is 0 Å². The normalized spacial score (nSPS) is 15.2. The molecule has 5 nitrogen and oxygen atoms in total. The van der Waals surface area contributed by atoms with E-state index in [0.29, 0.717) is 33.7 Å². The molecule has 0 radical (unpaired) electrons. The monoisotopic (exact) mass is 1200 g/mol. The van der Waals surface area contributed by atoms with Gasteiger partial charge in [0, 0.05) is 62.3 Å². The summed E-state index contributed by atoms with van der Waals surface area (Å²) in [5.74, 6) is 1.81. The van der Waals surface area contributed by atoms with Crippen molar-refractivity contribution in [2.24, 2.45) is 0 Å². The molecule has 11 aromatic rings. The molecule has 0 spiro atoms. The maximum absolute atomic E-state index is 8.84. The third-order valence-corrected chi connectivity index (χ3v) is 16.9. The molecular weight excluding hydrogens is 1120 g/mol. The Bertz CT molecular complexity index is 4520. The molecule has 1 aliphatic heterocycles. The molecule has 0 aliphatic carbocycles. The molecule has 7 heteroatoms. The fraction of sp³-hybridized carbons (Fsp3) is 0.217. The van der Waals surface area contributed by atoms with Crippen molar-refractivity contribution in [1.82, 2.24) is 14.1 Å². The number of rotatable bonds is 6. The zero-order valence-corrected chi connectivity index (χ0v) is 47.5. The summed E-state index contributed by atoms with van der Waals surface area (Å²) in [4.78, 5) is 7.05. The molecular formula is C69H65N4OPtSi-3. The first-order valence-corrected chi connectivity index (χ1v) is 29.2. The van der Waals surface area contributed by atoms with Gasteiger partial charge in [-0.3, -0.25) is 0 Å². The molecule has 4 heterocycles. The summed E-state index contributed by atoms with van der Waals surface area (Å²) < 4.78 is 90.9. The quantitative estimate of drug-likeness (QED) is 0.123. The van der Waals surface area contributed by atoms with E-state index >= 15 is 0 Å². The van der Waals surface area contributed by atoms with E-state index in [4.69, 9.17) is 22.1 Å². The van der Waals surface area contributed by atoms with Crippen LogP contribution in [0, 0.1) is 18.8 Å². The minimum Gasteiger partial charge on any atom is -0.509 e. The zero-order valence-electron chi connectivity index (χ0n) is 53.3. The van der Waals surface area contributed by atoms with E-state index in [1.54, 1.807) is 0 Å². The van der Waals surface area contributed by atoms with Crippen molar-refractivity contribution in [2.75, 3.05) is 4.90 Å². The number of hydrogen-bond donors (Lipinski definition) is 0.